The summed E-state index contributed by atoms with van der Waals surface area (Å²) >= 11 is 4.85. The topological polar surface area (TPSA) is 87.7 Å². The van der Waals surface area contributed by atoms with Crippen molar-refractivity contribution in [3.05, 3.63) is 29.8 Å². The van der Waals surface area contributed by atoms with Crippen molar-refractivity contribution < 1.29 is 19.1 Å². The van der Waals surface area contributed by atoms with Crippen LogP contribution in [0.5, 0.6) is 5.75 Å². The Morgan fingerprint density at radius 3 is 2.73 bits per heavy atom. The third-order valence-electron chi connectivity index (χ3n) is 3.00. The molecule has 2 rings (SSSR count). The molecule has 0 spiro atoms. The Labute approximate surface area is 132 Å². The molecule has 22 heavy (non-hydrogen) atoms. The maximum atomic E-state index is 12.1. The van der Waals surface area contributed by atoms with Gasteiger partial charge in [0.15, 0.2) is 6.10 Å². The van der Waals surface area contributed by atoms with Gasteiger partial charge in [-0.15, -0.1) is 0 Å². The lowest BCUT2D eigenvalue weighted by molar-refractivity contribution is -0.143. The van der Waals surface area contributed by atoms with Gasteiger partial charge in [0.05, 0.1) is 0 Å². The molecule has 1 aliphatic rings. The number of benzene rings is 1. The number of aryl methyl sites for hydroxylation is 1. The van der Waals surface area contributed by atoms with Gasteiger partial charge in [-0.1, -0.05) is 18.2 Å². The minimum absolute atomic E-state index is 0.155. The molecule has 0 aromatic heterocycles. The molecule has 0 radical (unpaired) electrons. The van der Waals surface area contributed by atoms with Crippen molar-refractivity contribution in [3.63, 3.8) is 0 Å². The zero-order valence-electron chi connectivity index (χ0n) is 12.1. The van der Waals surface area contributed by atoms with E-state index in [0.29, 0.717) is 5.75 Å². The summed E-state index contributed by atoms with van der Waals surface area (Å²) in [5.74, 6) is -1.06. The predicted octanol–water partition coefficient (Wildman–Crippen LogP) is 0.427. The summed E-state index contributed by atoms with van der Waals surface area (Å²) in [6, 6.07) is 7.26. The van der Waals surface area contributed by atoms with E-state index in [1.54, 1.807) is 19.1 Å². The summed E-state index contributed by atoms with van der Waals surface area (Å²) in [7, 11) is 0. The maximum Gasteiger partial charge on any atom is 0.279 e. The van der Waals surface area contributed by atoms with E-state index in [1.807, 2.05) is 19.1 Å². The van der Waals surface area contributed by atoms with Crippen LogP contribution in [0.15, 0.2) is 24.3 Å². The quantitative estimate of drug-likeness (QED) is 0.620. The van der Waals surface area contributed by atoms with Gasteiger partial charge in [-0.3, -0.25) is 19.8 Å². The summed E-state index contributed by atoms with van der Waals surface area (Å²) < 4.78 is 5.56. The third-order valence-corrected chi connectivity index (χ3v) is 3.28. The number of carbonyl (C=O) groups is 3. The van der Waals surface area contributed by atoms with E-state index in [-0.39, 0.29) is 11.5 Å². The maximum absolute atomic E-state index is 12.1. The minimum atomic E-state index is -0.839. The number of ether oxygens (including phenoxy) is 1. The lowest BCUT2D eigenvalue weighted by Gasteiger charge is -2.28. The molecule has 7 nitrogen and oxygen atoms in total. The van der Waals surface area contributed by atoms with Crippen LogP contribution in [0.1, 0.15) is 18.9 Å². The summed E-state index contributed by atoms with van der Waals surface area (Å²) in [5.41, 5.74) is 3.23. The van der Waals surface area contributed by atoms with E-state index in [1.165, 1.54) is 0 Å². The molecule has 1 atom stereocenters. The van der Waals surface area contributed by atoms with Crippen LogP contribution in [-0.4, -0.2) is 33.9 Å². The Bertz CT molecular complexity index is 627. The van der Waals surface area contributed by atoms with Crippen molar-refractivity contribution >= 4 is 35.1 Å². The molecular formula is C14H15N3O4S. The number of hydrazine groups is 1. The summed E-state index contributed by atoms with van der Waals surface area (Å²) in [6.45, 7) is 3.41. The second-order valence-corrected chi connectivity index (χ2v) is 5.15. The minimum Gasteiger partial charge on any atom is -0.481 e. The first kappa shape index (κ1) is 15.9. The van der Waals surface area contributed by atoms with Crippen molar-refractivity contribution in [1.29, 1.82) is 0 Å². The molecule has 0 bridgehead atoms. The van der Waals surface area contributed by atoms with Gasteiger partial charge in [-0.25, -0.2) is 0 Å². The molecule has 1 saturated heterocycles. The molecule has 1 aliphatic heterocycles. The summed E-state index contributed by atoms with van der Waals surface area (Å²) in [6.07, 6.45) is -1.21. The first-order valence-electron chi connectivity index (χ1n) is 6.58. The number of nitrogens with one attached hydrogen (secondary N) is 2. The fourth-order valence-electron chi connectivity index (χ4n) is 1.80. The highest BCUT2D eigenvalue weighted by Gasteiger charge is 2.31. The Kier molecular flexibility index (Phi) is 4.71. The molecule has 3 amide bonds. The fourth-order valence-corrected chi connectivity index (χ4v) is 2.06. The number of thiocarbonyl (C=S) groups is 1. The first-order chi connectivity index (χ1) is 10.4. The molecule has 1 aromatic carbocycles. The fraction of sp³-hybridized carbons (Fsp3) is 0.286. The molecule has 8 heteroatoms. The largest absolute Gasteiger partial charge is 0.481 e. The van der Waals surface area contributed by atoms with E-state index < -0.39 is 23.8 Å². The molecule has 1 unspecified atom stereocenters. The number of carbonyl (C=O) groups excluding carboxylic acids is 3. The lowest BCUT2D eigenvalue weighted by atomic mass is 10.2. The second kappa shape index (κ2) is 6.52. The molecule has 0 saturated carbocycles. The number of rotatable bonds is 4. The van der Waals surface area contributed by atoms with E-state index in [4.69, 9.17) is 17.0 Å². The number of hydrogen-bond donors (Lipinski definition) is 2. The van der Waals surface area contributed by atoms with Crippen molar-refractivity contribution in [2.24, 2.45) is 0 Å². The highest BCUT2D eigenvalue weighted by molar-refractivity contribution is 7.80. The molecule has 2 N–H and O–H groups in total. The third kappa shape index (κ3) is 3.59. The molecule has 1 heterocycles. The van der Waals surface area contributed by atoms with Gasteiger partial charge >= 0.3 is 0 Å². The van der Waals surface area contributed by atoms with Gasteiger partial charge in [-0.2, -0.15) is 5.01 Å². The van der Waals surface area contributed by atoms with Crippen molar-refractivity contribution in [2.75, 3.05) is 0 Å². The number of nitrogens with zero attached hydrogens (tertiary/aromatic N) is 1. The normalized spacial score (nSPS) is 16.1. The van der Waals surface area contributed by atoms with Crippen LogP contribution in [0.2, 0.25) is 0 Å². The van der Waals surface area contributed by atoms with Gasteiger partial charge < -0.3 is 10.1 Å². The van der Waals surface area contributed by atoms with E-state index >= 15 is 0 Å². The molecule has 116 valence electrons. The highest BCUT2D eigenvalue weighted by Crippen LogP contribution is 2.17. The van der Waals surface area contributed by atoms with Gasteiger partial charge in [0.2, 0.25) is 11.0 Å². The second-order valence-electron chi connectivity index (χ2n) is 4.76. The smallest absolute Gasteiger partial charge is 0.279 e. The van der Waals surface area contributed by atoms with Crippen molar-refractivity contribution in [2.45, 2.75) is 26.4 Å². The monoisotopic (exact) mass is 321 g/mol. The Balaban J connectivity index is 1.99. The average molecular weight is 321 g/mol. The van der Waals surface area contributed by atoms with Gasteiger partial charge in [0, 0.05) is 0 Å². The van der Waals surface area contributed by atoms with Crippen LogP contribution in [-0.2, 0) is 14.4 Å². The molecule has 0 aliphatic carbocycles. The Hall–Kier alpha value is -2.48. The Morgan fingerprint density at radius 2 is 2.09 bits per heavy atom. The number of para-hydroxylation sites is 1. The van der Waals surface area contributed by atoms with E-state index in [2.05, 4.69) is 10.7 Å². The number of hydrogen-bond acceptors (Lipinski definition) is 5. The van der Waals surface area contributed by atoms with Crippen LogP contribution >= 0.6 is 12.2 Å². The zero-order chi connectivity index (χ0) is 16.3. The zero-order valence-corrected chi connectivity index (χ0v) is 12.9. The lowest BCUT2D eigenvalue weighted by Crippen LogP contribution is -2.60. The predicted molar refractivity (Wildman–Crippen MR) is 81.6 cm³/mol. The summed E-state index contributed by atoms with van der Waals surface area (Å²) in [4.78, 5) is 34.9. The van der Waals surface area contributed by atoms with Gasteiger partial charge in [0.25, 0.3) is 11.8 Å². The van der Waals surface area contributed by atoms with E-state index in [9.17, 15) is 14.4 Å². The first-order valence-corrected chi connectivity index (χ1v) is 6.99. The van der Waals surface area contributed by atoms with Gasteiger partial charge in [-0.05, 0) is 37.7 Å². The highest BCUT2D eigenvalue weighted by atomic mass is 32.1. The summed E-state index contributed by atoms with van der Waals surface area (Å²) in [5, 5.41) is 2.99. The molecular weight excluding hydrogens is 306 g/mol. The standard InChI is InChI=1S/C14H15N3O4S/c1-8-5-3-4-6-10(8)21-9(2)13(20)16-17-12(19)7-11(18)15-14(17)22/h3-6,9H,7H2,1-2H3,(H,16,20)(H,15,18,22). The molecule has 1 aromatic rings. The number of amides is 3. The SMILES string of the molecule is Cc1ccccc1OC(C)C(=O)NN1C(=O)CC(=O)NC1=S. The van der Waals surface area contributed by atoms with Gasteiger partial charge in [0.1, 0.15) is 12.2 Å². The van der Waals surface area contributed by atoms with Crippen LogP contribution < -0.4 is 15.5 Å². The van der Waals surface area contributed by atoms with Crippen LogP contribution in [0.3, 0.4) is 0 Å². The van der Waals surface area contributed by atoms with Crippen LogP contribution in [0, 0.1) is 6.92 Å². The Morgan fingerprint density at radius 1 is 1.41 bits per heavy atom. The average Bonchev–Trinajstić information content (AvgIpc) is 2.45. The van der Waals surface area contributed by atoms with Crippen LogP contribution in [0.25, 0.3) is 0 Å². The molecule has 1 fully saturated rings. The van der Waals surface area contributed by atoms with E-state index in [0.717, 1.165) is 10.6 Å². The van der Waals surface area contributed by atoms with Crippen molar-refractivity contribution in [1.82, 2.24) is 15.8 Å². The van der Waals surface area contributed by atoms with Crippen molar-refractivity contribution in [3.8, 4) is 5.75 Å². The van der Waals surface area contributed by atoms with Crippen LogP contribution in [0.4, 0.5) is 0 Å².